The monoisotopic (exact) mass is 825 g/mol. The van der Waals surface area contributed by atoms with Gasteiger partial charge in [0.15, 0.2) is 6.10 Å². The van der Waals surface area contributed by atoms with Gasteiger partial charge in [0, 0.05) is 19.3 Å². The van der Waals surface area contributed by atoms with Gasteiger partial charge in [0.25, 0.3) is 0 Å². The van der Waals surface area contributed by atoms with Gasteiger partial charge in [0.1, 0.15) is 13.2 Å². The first-order chi connectivity index (χ1) is 29.0. The number of esters is 3. The molecule has 0 aromatic carbocycles. The van der Waals surface area contributed by atoms with E-state index in [1.807, 2.05) is 0 Å². The van der Waals surface area contributed by atoms with Crippen molar-refractivity contribution in [1.29, 1.82) is 0 Å². The highest BCUT2D eigenvalue weighted by molar-refractivity contribution is 5.71. The molecule has 0 aliphatic heterocycles. The lowest BCUT2D eigenvalue weighted by atomic mass is 10.1. The fraction of sp³-hybridized carbons (Fsp3) is 0.755. The highest BCUT2D eigenvalue weighted by Gasteiger charge is 2.19. The zero-order valence-electron chi connectivity index (χ0n) is 38.8. The van der Waals surface area contributed by atoms with Gasteiger partial charge in [0.2, 0.25) is 0 Å². The van der Waals surface area contributed by atoms with Crippen LogP contribution in [0.2, 0.25) is 0 Å². The minimum atomic E-state index is -0.796. The van der Waals surface area contributed by atoms with Crippen molar-refractivity contribution in [2.24, 2.45) is 0 Å². The number of hydrogen-bond donors (Lipinski definition) is 0. The third-order valence-electron chi connectivity index (χ3n) is 10.5. The number of allylic oxidation sites excluding steroid dienone is 10. The molecule has 0 heterocycles. The van der Waals surface area contributed by atoms with E-state index in [0.29, 0.717) is 19.3 Å². The Morgan fingerprint density at radius 3 is 1.15 bits per heavy atom. The number of carbonyl (C=O) groups is 3. The van der Waals surface area contributed by atoms with Gasteiger partial charge in [-0.25, -0.2) is 0 Å². The van der Waals surface area contributed by atoms with Crippen LogP contribution in [0.4, 0.5) is 0 Å². The molecule has 0 N–H and O–H groups in total. The van der Waals surface area contributed by atoms with Crippen LogP contribution in [0.3, 0.4) is 0 Å². The minimum absolute atomic E-state index is 0.0964. The van der Waals surface area contributed by atoms with Gasteiger partial charge < -0.3 is 14.2 Å². The van der Waals surface area contributed by atoms with Crippen molar-refractivity contribution in [3.8, 4) is 0 Å². The van der Waals surface area contributed by atoms with E-state index in [1.165, 1.54) is 83.5 Å². The highest BCUT2D eigenvalue weighted by Crippen LogP contribution is 2.13. The van der Waals surface area contributed by atoms with E-state index in [4.69, 9.17) is 14.2 Å². The zero-order chi connectivity index (χ0) is 43.0. The predicted octanol–water partition coefficient (Wildman–Crippen LogP) is 16.1. The van der Waals surface area contributed by atoms with Crippen LogP contribution in [-0.4, -0.2) is 37.2 Å². The summed E-state index contributed by atoms with van der Waals surface area (Å²) in [4.78, 5) is 37.8. The smallest absolute Gasteiger partial charge is 0.306 e. The van der Waals surface area contributed by atoms with Crippen LogP contribution in [0.25, 0.3) is 0 Å². The maximum atomic E-state index is 12.7. The summed E-state index contributed by atoms with van der Waals surface area (Å²) in [7, 11) is 0. The van der Waals surface area contributed by atoms with Gasteiger partial charge in [0.05, 0.1) is 0 Å². The molecule has 59 heavy (non-hydrogen) atoms. The molecule has 0 spiro atoms. The van der Waals surface area contributed by atoms with E-state index in [1.54, 1.807) is 0 Å². The van der Waals surface area contributed by atoms with E-state index in [-0.39, 0.29) is 31.1 Å². The third-order valence-corrected chi connectivity index (χ3v) is 10.5. The number of carbonyl (C=O) groups excluding carboxylic acids is 3. The van der Waals surface area contributed by atoms with Crippen molar-refractivity contribution in [3.05, 3.63) is 60.8 Å². The second kappa shape index (κ2) is 47.8. The Kier molecular flexibility index (Phi) is 45.4. The molecule has 0 aromatic rings. The van der Waals surface area contributed by atoms with Crippen LogP contribution in [0.5, 0.6) is 0 Å². The van der Waals surface area contributed by atoms with Crippen LogP contribution in [-0.2, 0) is 28.6 Å². The average molecular weight is 825 g/mol. The van der Waals surface area contributed by atoms with E-state index in [9.17, 15) is 14.4 Å². The van der Waals surface area contributed by atoms with Gasteiger partial charge >= 0.3 is 17.9 Å². The second-order valence-corrected chi connectivity index (χ2v) is 16.4. The van der Waals surface area contributed by atoms with E-state index in [2.05, 4.69) is 81.5 Å². The van der Waals surface area contributed by atoms with E-state index < -0.39 is 6.10 Å². The van der Waals surface area contributed by atoms with Crippen LogP contribution < -0.4 is 0 Å². The van der Waals surface area contributed by atoms with Crippen molar-refractivity contribution < 1.29 is 28.6 Å². The quantitative estimate of drug-likeness (QED) is 0.0200. The normalized spacial score (nSPS) is 12.5. The number of rotatable bonds is 44. The summed E-state index contributed by atoms with van der Waals surface area (Å²) in [6, 6.07) is 0. The molecule has 340 valence electrons. The molecule has 0 radical (unpaired) electrons. The molecule has 0 saturated heterocycles. The first-order valence-corrected chi connectivity index (χ1v) is 24.8. The molecule has 0 bridgehead atoms. The molecule has 1 unspecified atom stereocenters. The molecule has 0 aliphatic carbocycles. The van der Waals surface area contributed by atoms with Crippen LogP contribution >= 0.6 is 0 Å². The summed E-state index contributed by atoms with van der Waals surface area (Å²) < 4.78 is 16.7. The molecule has 0 amide bonds. The van der Waals surface area contributed by atoms with Crippen molar-refractivity contribution in [3.63, 3.8) is 0 Å². The number of ether oxygens (including phenoxy) is 3. The Bertz CT molecular complexity index is 1090. The average Bonchev–Trinajstić information content (AvgIpc) is 3.23. The highest BCUT2D eigenvalue weighted by atomic mass is 16.6. The maximum absolute atomic E-state index is 12.7. The molecule has 6 heteroatoms. The summed E-state index contributed by atoms with van der Waals surface area (Å²) >= 11 is 0. The van der Waals surface area contributed by atoms with Crippen LogP contribution in [0, 0.1) is 0 Å². The maximum Gasteiger partial charge on any atom is 0.306 e. The Hall–Kier alpha value is -2.89. The summed E-state index contributed by atoms with van der Waals surface area (Å²) in [5.74, 6) is -0.953. The van der Waals surface area contributed by atoms with Crippen molar-refractivity contribution >= 4 is 17.9 Å². The van der Waals surface area contributed by atoms with E-state index in [0.717, 1.165) is 116 Å². The molecule has 0 fully saturated rings. The molecule has 0 saturated carbocycles. The topological polar surface area (TPSA) is 78.9 Å². The van der Waals surface area contributed by atoms with Crippen molar-refractivity contribution in [2.45, 2.75) is 245 Å². The third kappa shape index (κ3) is 46.0. The van der Waals surface area contributed by atoms with Crippen molar-refractivity contribution in [1.82, 2.24) is 0 Å². The fourth-order valence-electron chi connectivity index (χ4n) is 6.76. The molecular weight excluding hydrogens is 733 g/mol. The number of hydrogen-bond acceptors (Lipinski definition) is 6. The van der Waals surface area contributed by atoms with Gasteiger partial charge in [-0.2, -0.15) is 0 Å². The first-order valence-electron chi connectivity index (χ1n) is 24.8. The summed E-state index contributed by atoms with van der Waals surface area (Å²) in [5, 5.41) is 0. The van der Waals surface area contributed by atoms with Gasteiger partial charge in [-0.1, -0.05) is 184 Å². The minimum Gasteiger partial charge on any atom is -0.462 e. The standard InChI is InChI=1S/C53H92O6/c1-4-7-10-13-16-19-22-25-26-27-29-31-34-37-40-43-46-52(55)58-49-50(48-57-51(54)45-42-39-36-33-30-24-21-18-15-12-9-6-3)59-53(56)47-44-41-38-35-32-28-23-20-17-14-11-8-5-2/h9,12,18,21,26-29,31-32,50H,4-8,10-11,13-17,19-20,22-25,30,33-49H2,1-3H3/b12-9-,21-18-,27-26-,31-29-,32-28-. The Labute approximate surface area is 364 Å². The van der Waals surface area contributed by atoms with E-state index >= 15 is 0 Å². The predicted molar refractivity (Wildman–Crippen MR) is 251 cm³/mol. The number of unbranched alkanes of at least 4 members (excludes halogenated alkanes) is 24. The summed E-state index contributed by atoms with van der Waals surface area (Å²) in [6.45, 7) is 6.46. The zero-order valence-corrected chi connectivity index (χ0v) is 38.8. The Morgan fingerprint density at radius 2 is 0.712 bits per heavy atom. The molecule has 1 atom stereocenters. The Balaban J connectivity index is 4.45. The lowest BCUT2D eigenvalue weighted by Gasteiger charge is -2.18. The summed E-state index contributed by atoms with van der Waals surface area (Å²) in [5.41, 5.74) is 0. The van der Waals surface area contributed by atoms with Crippen LogP contribution in [0.15, 0.2) is 60.8 Å². The van der Waals surface area contributed by atoms with Gasteiger partial charge in [-0.15, -0.1) is 0 Å². The first kappa shape index (κ1) is 56.1. The summed E-state index contributed by atoms with van der Waals surface area (Å²) in [6.07, 6.45) is 57.8. The van der Waals surface area contributed by atoms with Crippen LogP contribution in [0.1, 0.15) is 239 Å². The molecule has 0 aromatic heterocycles. The fourth-order valence-corrected chi connectivity index (χ4v) is 6.76. The second-order valence-electron chi connectivity index (χ2n) is 16.4. The largest absolute Gasteiger partial charge is 0.462 e. The lowest BCUT2D eigenvalue weighted by Crippen LogP contribution is -2.30. The molecule has 0 rings (SSSR count). The molecular formula is C53H92O6. The SMILES string of the molecule is CC/C=C\C/C=C\CCCCCCCC(=O)OCC(COC(=O)CCCCC/C=C\C=C/CCCCCCCCC)OC(=O)CCCCC/C=C\CCCCCCCC. The Morgan fingerprint density at radius 1 is 0.373 bits per heavy atom. The van der Waals surface area contributed by atoms with Crippen molar-refractivity contribution in [2.75, 3.05) is 13.2 Å². The van der Waals surface area contributed by atoms with Gasteiger partial charge in [-0.3, -0.25) is 14.4 Å². The molecule has 6 nitrogen and oxygen atoms in total. The molecule has 0 aliphatic rings. The lowest BCUT2D eigenvalue weighted by molar-refractivity contribution is -0.167. The van der Waals surface area contributed by atoms with Gasteiger partial charge in [-0.05, 0) is 96.3 Å².